The molecule has 1 aromatic carbocycles. The van der Waals surface area contributed by atoms with Crippen molar-refractivity contribution in [3.63, 3.8) is 0 Å². The van der Waals surface area contributed by atoms with Crippen LogP contribution in [-0.2, 0) is 16.1 Å². The summed E-state index contributed by atoms with van der Waals surface area (Å²) in [5.41, 5.74) is -0.819. The van der Waals surface area contributed by atoms with E-state index in [1.54, 1.807) is 6.07 Å². The Kier molecular flexibility index (Phi) is 2.92. The molecule has 0 bridgehead atoms. The molecule has 1 saturated carbocycles. The highest BCUT2D eigenvalue weighted by Gasteiger charge is 2.48. The summed E-state index contributed by atoms with van der Waals surface area (Å²) in [6.07, 6.45) is 1.08. The van der Waals surface area contributed by atoms with Gasteiger partial charge < -0.3 is 5.11 Å². The van der Waals surface area contributed by atoms with Crippen molar-refractivity contribution in [2.45, 2.75) is 38.0 Å². The van der Waals surface area contributed by atoms with E-state index in [0.717, 1.165) is 0 Å². The molecule has 0 aromatic heterocycles. The highest BCUT2D eigenvalue weighted by atomic mass is 19.3. The predicted octanol–water partition coefficient (Wildman–Crippen LogP) is 3.55. The van der Waals surface area contributed by atoms with Gasteiger partial charge in [-0.25, -0.2) is 8.78 Å². The Labute approximate surface area is 105 Å². The molecular formula is C14H16F2O2. The molecule has 1 aliphatic rings. The summed E-state index contributed by atoms with van der Waals surface area (Å²) in [7, 11) is 0. The fourth-order valence-corrected chi connectivity index (χ4v) is 1.92. The second-order valence-corrected chi connectivity index (χ2v) is 5.41. The Bertz CT molecular complexity index is 476. The monoisotopic (exact) mass is 254 g/mol. The van der Waals surface area contributed by atoms with E-state index in [4.69, 9.17) is 5.11 Å². The van der Waals surface area contributed by atoms with Crippen LogP contribution in [0.25, 0.3) is 0 Å². The van der Waals surface area contributed by atoms with Gasteiger partial charge in [-0.2, -0.15) is 0 Å². The van der Waals surface area contributed by atoms with Crippen molar-refractivity contribution >= 4 is 5.97 Å². The molecule has 0 spiro atoms. The van der Waals surface area contributed by atoms with Gasteiger partial charge in [0.25, 0.3) is 5.92 Å². The molecule has 18 heavy (non-hydrogen) atoms. The Hall–Kier alpha value is -1.45. The van der Waals surface area contributed by atoms with Gasteiger partial charge in [0.1, 0.15) is 0 Å². The first-order valence-corrected chi connectivity index (χ1v) is 5.98. The number of rotatable bonds is 4. The van der Waals surface area contributed by atoms with Crippen LogP contribution in [0.1, 0.15) is 37.8 Å². The number of carbonyl (C=O) groups is 1. The van der Waals surface area contributed by atoms with Gasteiger partial charge in [0.2, 0.25) is 0 Å². The second kappa shape index (κ2) is 4.04. The molecular weight excluding hydrogens is 238 g/mol. The van der Waals surface area contributed by atoms with Crippen LogP contribution in [-0.4, -0.2) is 11.1 Å². The smallest absolute Gasteiger partial charge is 0.313 e. The molecule has 2 rings (SSSR count). The van der Waals surface area contributed by atoms with E-state index < -0.39 is 23.2 Å². The highest BCUT2D eigenvalue weighted by Crippen LogP contribution is 2.50. The molecule has 1 aromatic rings. The van der Waals surface area contributed by atoms with Gasteiger partial charge in [-0.15, -0.1) is 0 Å². The minimum atomic E-state index is -2.84. The zero-order chi connectivity index (χ0) is 13.6. The molecule has 4 heteroatoms. The third kappa shape index (κ3) is 2.11. The molecule has 1 N–H and O–H groups in total. The second-order valence-electron chi connectivity index (χ2n) is 5.41. The van der Waals surface area contributed by atoms with E-state index in [-0.39, 0.29) is 5.56 Å². The molecule has 1 aliphatic carbocycles. The van der Waals surface area contributed by atoms with Gasteiger partial charge in [0.15, 0.2) is 0 Å². The largest absolute Gasteiger partial charge is 0.481 e. The highest BCUT2D eigenvalue weighted by molar-refractivity contribution is 5.80. The maximum atomic E-state index is 14.0. The van der Waals surface area contributed by atoms with Gasteiger partial charge in [-0.1, -0.05) is 18.2 Å². The van der Waals surface area contributed by atoms with Crippen molar-refractivity contribution in [1.29, 1.82) is 0 Å². The van der Waals surface area contributed by atoms with Crippen LogP contribution >= 0.6 is 0 Å². The van der Waals surface area contributed by atoms with E-state index in [9.17, 15) is 13.6 Å². The van der Waals surface area contributed by atoms with Crippen LogP contribution in [0, 0.1) is 5.92 Å². The summed E-state index contributed by atoms with van der Waals surface area (Å²) >= 11 is 0. The van der Waals surface area contributed by atoms with Crippen molar-refractivity contribution in [2.24, 2.45) is 5.92 Å². The topological polar surface area (TPSA) is 37.3 Å². The third-order valence-corrected chi connectivity index (χ3v) is 3.59. The third-order valence-electron chi connectivity index (χ3n) is 3.59. The van der Waals surface area contributed by atoms with Crippen LogP contribution in [0.4, 0.5) is 8.78 Å². The fourth-order valence-electron chi connectivity index (χ4n) is 1.92. The van der Waals surface area contributed by atoms with Gasteiger partial charge in [0.05, 0.1) is 5.41 Å². The SMILES string of the molecule is CC(C)(C(=O)O)c1cccc(C(F)(F)C2CC2)c1. The number of halogens is 2. The Balaban J connectivity index is 2.39. The lowest BCUT2D eigenvalue weighted by molar-refractivity contribution is -0.142. The molecule has 0 aliphatic heterocycles. The van der Waals surface area contributed by atoms with E-state index in [0.29, 0.717) is 18.4 Å². The van der Waals surface area contributed by atoms with Crippen LogP contribution < -0.4 is 0 Å². The molecule has 2 nitrogen and oxygen atoms in total. The fraction of sp³-hybridized carbons (Fsp3) is 0.500. The standard InChI is InChI=1S/C14H16F2O2/c1-13(2,12(17)18)10-4-3-5-11(8-10)14(15,16)9-6-7-9/h3-5,8-9H,6-7H2,1-2H3,(H,17,18). The summed E-state index contributed by atoms with van der Waals surface area (Å²) in [5.74, 6) is -4.44. The summed E-state index contributed by atoms with van der Waals surface area (Å²) in [6, 6.07) is 5.79. The molecule has 0 unspecified atom stereocenters. The Morgan fingerprint density at radius 3 is 2.33 bits per heavy atom. The number of hydrogen-bond donors (Lipinski definition) is 1. The molecule has 0 radical (unpaired) electrons. The first-order valence-electron chi connectivity index (χ1n) is 5.98. The van der Waals surface area contributed by atoms with Crippen LogP contribution in [0.5, 0.6) is 0 Å². The van der Waals surface area contributed by atoms with Crippen LogP contribution in [0.3, 0.4) is 0 Å². The van der Waals surface area contributed by atoms with Gasteiger partial charge in [-0.05, 0) is 38.3 Å². The summed E-state index contributed by atoms with van der Waals surface area (Å²) < 4.78 is 27.9. The van der Waals surface area contributed by atoms with Gasteiger partial charge in [-0.3, -0.25) is 4.79 Å². The molecule has 98 valence electrons. The lowest BCUT2D eigenvalue weighted by Gasteiger charge is -2.22. The lowest BCUT2D eigenvalue weighted by Crippen LogP contribution is -2.29. The van der Waals surface area contributed by atoms with Crippen LogP contribution in [0.2, 0.25) is 0 Å². The van der Waals surface area contributed by atoms with E-state index in [2.05, 4.69) is 0 Å². The predicted molar refractivity (Wildman–Crippen MR) is 63.7 cm³/mol. The van der Waals surface area contributed by atoms with E-state index >= 15 is 0 Å². The normalized spacial score (nSPS) is 16.7. The minimum absolute atomic E-state index is 0.0724. The Morgan fingerprint density at radius 2 is 1.83 bits per heavy atom. The van der Waals surface area contributed by atoms with Crippen molar-refractivity contribution in [3.05, 3.63) is 35.4 Å². The number of carboxylic acids is 1. The Morgan fingerprint density at radius 1 is 1.28 bits per heavy atom. The van der Waals surface area contributed by atoms with Crippen molar-refractivity contribution < 1.29 is 18.7 Å². The first kappa shape index (κ1) is 13.0. The molecule has 0 atom stereocenters. The molecule has 0 saturated heterocycles. The molecule has 1 fully saturated rings. The summed E-state index contributed by atoms with van der Waals surface area (Å²) in [5, 5.41) is 9.12. The average molecular weight is 254 g/mol. The quantitative estimate of drug-likeness (QED) is 0.892. The number of aliphatic carboxylic acids is 1. The van der Waals surface area contributed by atoms with E-state index in [1.165, 1.54) is 32.0 Å². The first-order chi connectivity index (χ1) is 8.26. The number of carboxylic acid groups (broad SMARTS) is 1. The van der Waals surface area contributed by atoms with Gasteiger partial charge >= 0.3 is 5.97 Å². The average Bonchev–Trinajstić information content (AvgIpc) is 3.13. The summed E-state index contributed by atoms with van der Waals surface area (Å²) in [6.45, 7) is 3.04. The lowest BCUT2D eigenvalue weighted by atomic mass is 9.83. The minimum Gasteiger partial charge on any atom is -0.481 e. The van der Waals surface area contributed by atoms with Crippen molar-refractivity contribution in [2.75, 3.05) is 0 Å². The van der Waals surface area contributed by atoms with Crippen molar-refractivity contribution in [1.82, 2.24) is 0 Å². The number of hydrogen-bond acceptors (Lipinski definition) is 1. The summed E-state index contributed by atoms with van der Waals surface area (Å²) in [4.78, 5) is 11.1. The molecule has 0 heterocycles. The van der Waals surface area contributed by atoms with Crippen LogP contribution in [0.15, 0.2) is 24.3 Å². The van der Waals surface area contributed by atoms with Crippen molar-refractivity contribution in [3.8, 4) is 0 Å². The number of alkyl halides is 2. The molecule has 0 amide bonds. The maximum absolute atomic E-state index is 14.0. The maximum Gasteiger partial charge on any atom is 0.313 e. The van der Waals surface area contributed by atoms with E-state index in [1.807, 2.05) is 0 Å². The zero-order valence-electron chi connectivity index (χ0n) is 10.4. The number of benzene rings is 1. The zero-order valence-corrected chi connectivity index (χ0v) is 10.4. The van der Waals surface area contributed by atoms with Gasteiger partial charge in [0, 0.05) is 11.5 Å².